The number of hydrogen-bond acceptors (Lipinski definition) is 6. The third-order valence-electron chi connectivity index (χ3n) is 4.20. The maximum atomic E-state index is 14.8. The van der Waals surface area contributed by atoms with Crippen LogP contribution in [0.2, 0.25) is 0 Å². The predicted octanol–water partition coefficient (Wildman–Crippen LogP) is 3.91. The van der Waals surface area contributed by atoms with Crippen molar-refractivity contribution in [2.45, 2.75) is 30.5 Å². The first-order valence-electron chi connectivity index (χ1n) is 8.17. The van der Waals surface area contributed by atoms with E-state index in [0.29, 0.717) is 0 Å². The lowest BCUT2D eigenvalue weighted by Crippen LogP contribution is -2.10. The van der Waals surface area contributed by atoms with Gasteiger partial charge in [-0.05, 0) is 24.3 Å². The van der Waals surface area contributed by atoms with Gasteiger partial charge in [-0.15, -0.1) is 0 Å². The van der Waals surface area contributed by atoms with Gasteiger partial charge in [-0.3, -0.25) is 4.79 Å². The predicted molar refractivity (Wildman–Crippen MR) is 93.7 cm³/mol. The van der Waals surface area contributed by atoms with E-state index in [1.807, 2.05) is 0 Å². The average molecular weight is 407 g/mol. The van der Waals surface area contributed by atoms with E-state index in [1.54, 1.807) is 6.07 Å². The van der Waals surface area contributed by atoms with Crippen molar-refractivity contribution in [3.05, 3.63) is 52.8 Å². The molecule has 2 atom stereocenters. The Morgan fingerprint density at radius 2 is 1.96 bits per heavy atom. The Balaban J connectivity index is 2.15. The van der Waals surface area contributed by atoms with Crippen LogP contribution < -0.4 is 4.74 Å². The number of benzene rings is 2. The second-order valence-corrected chi connectivity index (χ2v) is 8.34. The van der Waals surface area contributed by atoms with Gasteiger partial charge in [-0.25, -0.2) is 17.2 Å². The molecule has 146 valence electrons. The Kier molecular flexibility index (Phi) is 5.08. The first-order valence-corrected chi connectivity index (χ1v) is 10.1. The van der Waals surface area contributed by atoms with Crippen LogP contribution in [0.1, 0.15) is 42.3 Å². The van der Waals surface area contributed by atoms with Crippen LogP contribution in [0.3, 0.4) is 0 Å². The topological polar surface area (TPSA) is 93.5 Å². The fourth-order valence-corrected chi connectivity index (χ4v) is 4.16. The Bertz CT molecular complexity index is 1110. The summed E-state index contributed by atoms with van der Waals surface area (Å²) in [6, 6.07) is 7.56. The number of halogens is 2. The Morgan fingerprint density at radius 1 is 1.25 bits per heavy atom. The van der Waals surface area contributed by atoms with Gasteiger partial charge < -0.3 is 9.47 Å². The van der Waals surface area contributed by atoms with E-state index < -0.39 is 33.9 Å². The minimum atomic E-state index is -3.74. The molecule has 0 N–H and O–H groups in total. The summed E-state index contributed by atoms with van der Waals surface area (Å²) in [6.45, 7) is 1.14. The van der Waals surface area contributed by atoms with Crippen molar-refractivity contribution in [3.8, 4) is 17.6 Å². The highest BCUT2D eigenvalue weighted by Crippen LogP contribution is 2.50. The smallest absolute Gasteiger partial charge is 0.303 e. The van der Waals surface area contributed by atoms with Crippen molar-refractivity contribution in [1.29, 1.82) is 5.26 Å². The summed E-state index contributed by atoms with van der Waals surface area (Å²) in [6.07, 6.45) is -2.03. The summed E-state index contributed by atoms with van der Waals surface area (Å²) in [5, 5.41) is 8.95. The number of nitrogens with zero attached hydrogens (tertiary/aromatic N) is 1. The zero-order chi connectivity index (χ0) is 20.6. The molecule has 0 saturated carbocycles. The van der Waals surface area contributed by atoms with Gasteiger partial charge in [-0.1, -0.05) is 0 Å². The van der Waals surface area contributed by atoms with Gasteiger partial charge in [0.2, 0.25) is 0 Å². The van der Waals surface area contributed by atoms with Crippen LogP contribution >= 0.6 is 0 Å². The largest absolute Gasteiger partial charge is 0.457 e. The lowest BCUT2D eigenvalue weighted by Gasteiger charge is -2.17. The van der Waals surface area contributed by atoms with E-state index in [9.17, 15) is 22.0 Å². The minimum Gasteiger partial charge on any atom is -0.457 e. The summed E-state index contributed by atoms with van der Waals surface area (Å²) in [5.74, 6) is -1.49. The molecule has 1 aliphatic rings. The SMILES string of the molecule is CC(=O)O[C@@H]1C[C@H](F)c2c(Oc3cc(F)cc(C#N)c3)ccc(S(C)(=O)=O)c21. The molecule has 0 bridgehead atoms. The molecule has 9 heteroatoms. The average Bonchev–Trinajstić information content (AvgIpc) is 2.89. The Labute approximate surface area is 160 Å². The number of hydrogen-bond donors (Lipinski definition) is 0. The fraction of sp³-hybridized carbons (Fsp3) is 0.263. The van der Waals surface area contributed by atoms with Gasteiger partial charge in [0.05, 0.1) is 16.5 Å². The number of nitriles is 1. The maximum absolute atomic E-state index is 14.8. The zero-order valence-corrected chi connectivity index (χ0v) is 15.7. The van der Waals surface area contributed by atoms with Crippen LogP contribution in [-0.4, -0.2) is 20.6 Å². The summed E-state index contributed by atoms with van der Waals surface area (Å²) in [7, 11) is -3.74. The molecule has 3 rings (SSSR count). The van der Waals surface area contributed by atoms with E-state index >= 15 is 0 Å². The molecule has 0 heterocycles. The molecular weight excluding hydrogens is 392 g/mol. The summed E-state index contributed by atoms with van der Waals surface area (Å²) in [4.78, 5) is 11.2. The number of carbonyl (C=O) groups is 1. The molecule has 0 radical (unpaired) electrons. The summed E-state index contributed by atoms with van der Waals surface area (Å²) >= 11 is 0. The number of sulfone groups is 1. The van der Waals surface area contributed by atoms with Crippen LogP contribution in [0.4, 0.5) is 8.78 Å². The standard InChI is InChI=1S/C19H15F2NO5S/c1-10(23)26-16-8-14(21)18-15(3-4-17(19(16)18)28(2,24)25)27-13-6-11(9-22)5-12(20)7-13/h3-7,14,16H,8H2,1-2H3/t14-,16+/m0/s1. The van der Waals surface area contributed by atoms with Gasteiger partial charge in [0.1, 0.15) is 29.6 Å². The van der Waals surface area contributed by atoms with E-state index in [0.717, 1.165) is 25.3 Å². The van der Waals surface area contributed by atoms with Gasteiger partial charge >= 0.3 is 5.97 Å². The molecule has 2 aromatic carbocycles. The highest BCUT2D eigenvalue weighted by atomic mass is 32.2. The molecule has 0 saturated heterocycles. The van der Waals surface area contributed by atoms with E-state index in [4.69, 9.17) is 14.7 Å². The quantitative estimate of drug-likeness (QED) is 0.714. The molecule has 1 aliphatic carbocycles. The van der Waals surface area contributed by atoms with Gasteiger partial charge in [0.25, 0.3) is 0 Å². The molecule has 28 heavy (non-hydrogen) atoms. The highest BCUT2D eigenvalue weighted by Gasteiger charge is 2.40. The van der Waals surface area contributed by atoms with Crippen LogP contribution in [0.5, 0.6) is 11.5 Å². The van der Waals surface area contributed by atoms with Crippen molar-refractivity contribution >= 4 is 15.8 Å². The summed E-state index contributed by atoms with van der Waals surface area (Å²) in [5.41, 5.74) is -0.0504. The van der Waals surface area contributed by atoms with Crippen LogP contribution in [0.15, 0.2) is 35.2 Å². The second-order valence-electron chi connectivity index (χ2n) is 6.35. The van der Waals surface area contributed by atoms with Crippen LogP contribution in [-0.2, 0) is 19.4 Å². The third-order valence-corrected chi connectivity index (χ3v) is 5.35. The lowest BCUT2D eigenvalue weighted by molar-refractivity contribution is -0.147. The van der Waals surface area contributed by atoms with E-state index in [2.05, 4.69) is 0 Å². The van der Waals surface area contributed by atoms with E-state index in [1.165, 1.54) is 18.2 Å². The molecule has 0 unspecified atom stereocenters. The normalized spacial score (nSPS) is 18.2. The van der Waals surface area contributed by atoms with Crippen molar-refractivity contribution in [3.63, 3.8) is 0 Å². The zero-order valence-electron chi connectivity index (χ0n) is 14.9. The second kappa shape index (κ2) is 7.20. The van der Waals surface area contributed by atoms with Gasteiger partial charge in [0, 0.05) is 36.8 Å². The Hall–Kier alpha value is -2.99. The Morgan fingerprint density at radius 3 is 2.57 bits per heavy atom. The van der Waals surface area contributed by atoms with Crippen LogP contribution in [0, 0.1) is 17.1 Å². The molecular formula is C19H15F2NO5S. The fourth-order valence-electron chi connectivity index (χ4n) is 3.21. The molecule has 0 spiro atoms. The van der Waals surface area contributed by atoms with Crippen molar-refractivity contribution < 1.29 is 31.5 Å². The molecule has 0 aromatic heterocycles. The van der Waals surface area contributed by atoms with Crippen LogP contribution in [0.25, 0.3) is 0 Å². The number of esters is 1. The van der Waals surface area contributed by atoms with E-state index in [-0.39, 0.29) is 39.5 Å². The number of ether oxygens (including phenoxy) is 2. The first-order chi connectivity index (χ1) is 13.1. The molecule has 0 aliphatic heterocycles. The van der Waals surface area contributed by atoms with Crippen molar-refractivity contribution in [2.75, 3.05) is 6.26 Å². The monoisotopic (exact) mass is 407 g/mol. The molecule has 0 amide bonds. The number of fused-ring (bicyclic) bond motifs is 1. The minimum absolute atomic E-state index is 0.00832. The number of rotatable bonds is 4. The molecule has 2 aromatic rings. The highest BCUT2D eigenvalue weighted by molar-refractivity contribution is 7.90. The maximum Gasteiger partial charge on any atom is 0.303 e. The van der Waals surface area contributed by atoms with Gasteiger partial charge in [-0.2, -0.15) is 5.26 Å². The van der Waals surface area contributed by atoms with Crippen molar-refractivity contribution in [1.82, 2.24) is 0 Å². The third kappa shape index (κ3) is 3.82. The summed E-state index contributed by atoms with van der Waals surface area (Å²) < 4.78 is 63.4. The first kappa shape index (κ1) is 19.8. The van der Waals surface area contributed by atoms with Crippen molar-refractivity contribution in [2.24, 2.45) is 0 Å². The molecule has 6 nitrogen and oxygen atoms in total. The van der Waals surface area contributed by atoms with Gasteiger partial charge in [0.15, 0.2) is 9.84 Å². The number of alkyl halides is 1. The molecule has 0 fully saturated rings. The lowest BCUT2D eigenvalue weighted by atomic mass is 10.1. The number of carbonyl (C=O) groups excluding carboxylic acids is 1.